The van der Waals surface area contributed by atoms with Gasteiger partial charge in [-0.15, -0.1) is 0 Å². The van der Waals surface area contributed by atoms with E-state index in [9.17, 15) is 19.3 Å². The van der Waals surface area contributed by atoms with Gasteiger partial charge < -0.3 is 33.8 Å². The Balaban J connectivity index is 1.62. The monoisotopic (exact) mass is 737 g/mol. The van der Waals surface area contributed by atoms with Gasteiger partial charge in [-0.25, -0.2) is 4.98 Å². The lowest BCUT2D eigenvalue weighted by molar-refractivity contribution is -0.0355. The summed E-state index contributed by atoms with van der Waals surface area (Å²) in [6, 6.07) is 0. The Kier molecular flexibility index (Phi) is 17.2. The van der Waals surface area contributed by atoms with E-state index < -0.39 is 57.6 Å². The number of fused-ring (bicyclic) bond motifs is 1. The van der Waals surface area contributed by atoms with Crippen LogP contribution in [0.4, 0.5) is 5.82 Å². The first kappa shape index (κ1) is 41.3. The minimum Gasteiger partial charge on any atom is -0.388 e. The molecule has 5 atom stereocenters. The number of nitrogens with one attached hydrogen (secondary N) is 1. The van der Waals surface area contributed by atoms with Gasteiger partial charge in [-0.2, -0.15) is 9.97 Å². The number of anilines is 1. The Morgan fingerprint density at radius 3 is 2.12 bits per heavy atom. The van der Waals surface area contributed by atoms with Gasteiger partial charge in [-0.05, 0) is 59.1 Å². The van der Waals surface area contributed by atoms with Crippen LogP contribution in [0.2, 0.25) is 5.28 Å². The highest BCUT2D eigenvalue weighted by Gasteiger charge is 2.46. The Labute approximate surface area is 291 Å². The number of hydrogen-bond acceptors (Lipinski definition) is 12. The average molecular weight is 738 g/mol. The molecule has 1 unspecified atom stereocenters. The van der Waals surface area contributed by atoms with E-state index >= 15 is 0 Å². The fourth-order valence-corrected chi connectivity index (χ4v) is 12.2. The average Bonchev–Trinajstić information content (AvgIpc) is 3.53. The van der Waals surface area contributed by atoms with E-state index in [1.54, 1.807) is 34.6 Å². The molecule has 2 aromatic heterocycles. The molecule has 1 aliphatic heterocycles. The molecule has 0 aliphatic carbocycles. The minimum atomic E-state index is -3.77. The molecule has 0 bridgehead atoms. The maximum absolute atomic E-state index is 13.9. The summed E-state index contributed by atoms with van der Waals surface area (Å²) in [6.07, 6.45) is 8.45. The molecule has 3 heterocycles. The SMILES string of the molecule is CCCCCCCCCCCCNc1nc(Cl)nc2c1ncn2[C@@H]1O[C@H](CCP(=O)(CP(=O)(OC(C)C)OC(C)C)OCC)[C@@H](O)[C@H]1O. The molecule has 1 fully saturated rings. The quantitative estimate of drug-likeness (QED) is 0.0538. The molecule has 48 heavy (non-hydrogen) atoms. The topological polar surface area (TPSA) is 167 Å². The third kappa shape index (κ3) is 12.6. The van der Waals surface area contributed by atoms with Crippen molar-refractivity contribution >= 4 is 43.5 Å². The van der Waals surface area contributed by atoms with Crippen molar-refractivity contribution in [1.82, 2.24) is 19.5 Å². The zero-order chi connectivity index (χ0) is 35.3. The Bertz CT molecular complexity index is 1340. The molecule has 16 heteroatoms. The largest absolute Gasteiger partial charge is 0.388 e. The summed E-state index contributed by atoms with van der Waals surface area (Å²) in [5.74, 6) is 0.0775. The fourth-order valence-electron chi connectivity index (χ4n) is 5.95. The van der Waals surface area contributed by atoms with E-state index in [-0.39, 0.29) is 24.5 Å². The zero-order valence-corrected chi connectivity index (χ0v) is 32.1. The lowest BCUT2D eigenvalue weighted by Crippen LogP contribution is -2.32. The van der Waals surface area contributed by atoms with E-state index in [1.165, 1.54) is 62.3 Å². The van der Waals surface area contributed by atoms with E-state index in [1.807, 2.05) is 0 Å². The summed E-state index contributed by atoms with van der Waals surface area (Å²) in [7, 11) is -7.33. The van der Waals surface area contributed by atoms with Crippen LogP contribution in [-0.2, 0) is 27.4 Å². The van der Waals surface area contributed by atoms with Crippen molar-refractivity contribution in [3.63, 3.8) is 0 Å². The second-order valence-corrected chi connectivity index (χ2v) is 18.6. The number of aliphatic hydroxyl groups excluding tert-OH is 2. The molecule has 3 rings (SSSR count). The summed E-state index contributed by atoms with van der Waals surface area (Å²) in [6.45, 7) is 11.7. The lowest BCUT2D eigenvalue weighted by Gasteiger charge is -2.27. The predicted molar refractivity (Wildman–Crippen MR) is 190 cm³/mol. The first-order chi connectivity index (χ1) is 22.8. The Hall–Kier alpha value is -1.14. The highest BCUT2D eigenvalue weighted by molar-refractivity contribution is 7.73. The van der Waals surface area contributed by atoms with Crippen LogP contribution in [0.15, 0.2) is 6.33 Å². The van der Waals surface area contributed by atoms with Crippen molar-refractivity contribution < 1.29 is 37.7 Å². The van der Waals surface area contributed by atoms with Crippen LogP contribution < -0.4 is 5.32 Å². The number of imidazole rings is 1. The summed E-state index contributed by atoms with van der Waals surface area (Å²) in [5, 5.41) is 25.3. The highest BCUT2D eigenvalue weighted by Crippen LogP contribution is 2.64. The highest BCUT2D eigenvalue weighted by atomic mass is 35.5. The van der Waals surface area contributed by atoms with Crippen LogP contribution in [-0.4, -0.2) is 85.5 Å². The van der Waals surface area contributed by atoms with Gasteiger partial charge in [0.15, 0.2) is 23.2 Å². The number of halogens is 1. The number of nitrogens with zero attached hydrogens (tertiary/aromatic N) is 4. The van der Waals surface area contributed by atoms with Gasteiger partial charge in [0.25, 0.3) is 0 Å². The van der Waals surface area contributed by atoms with Crippen molar-refractivity contribution in [2.75, 3.05) is 30.5 Å². The molecule has 2 aromatic rings. The van der Waals surface area contributed by atoms with Crippen LogP contribution >= 0.6 is 26.6 Å². The molecule has 3 N–H and O–H groups in total. The van der Waals surface area contributed by atoms with Gasteiger partial charge >= 0.3 is 7.60 Å². The van der Waals surface area contributed by atoms with Gasteiger partial charge in [0.2, 0.25) is 12.7 Å². The third-order valence-electron chi connectivity index (χ3n) is 8.08. The van der Waals surface area contributed by atoms with Crippen molar-refractivity contribution in [3.8, 4) is 0 Å². The third-order valence-corrected chi connectivity index (χ3v) is 14.5. The number of unbranched alkanes of at least 4 members (excludes halogenated alkanes) is 9. The van der Waals surface area contributed by atoms with E-state index in [0.29, 0.717) is 23.5 Å². The minimum absolute atomic E-state index is 0.00808. The fraction of sp³-hybridized carbons (Fsp3) is 0.844. The molecule has 0 saturated carbocycles. The molecule has 0 spiro atoms. The molecule has 13 nitrogen and oxygen atoms in total. The maximum atomic E-state index is 13.9. The standard InChI is InChI=1S/C32H58ClN5O8P2/c1-7-9-10-11-12-13-14-15-16-17-19-34-29-26-30(37-32(33)36-29)38(21-35-26)31-28(40)27(39)25(44-31)18-20-47(41,43-8-2)22-48(42,45-23(3)4)46-24(5)6/h21,23-25,27-28,31,39-40H,7-20,22H2,1-6H3,(H,34,36,37)/t25-,27-,28-,31-,47?/m1/s1. The van der Waals surface area contributed by atoms with Crippen LogP contribution in [0, 0.1) is 0 Å². The number of rotatable bonds is 24. The molecule has 1 aliphatic rings. The van der Waals surface area contributed by atoms with Crippen molar-refractivity contribution in [1.29, 1.82) is 0 Å². The molecule has 0 amide bonds. The molecular weight excluding hydrogens is 680 g/mol. The number of aliphatic hydroxyl groups is 2. The second kappa shape index (κ2) is 20.0. The van der Waals surface area contributed by atoms with Crippen molar-refractivity contribution in [2.45, 2.75) is 149 Å². The van der Waals surface area contributed by atoms with E-state index in [2.05, 4.69) is 27.2 Å². The first-order valence-electron chi connectivity index (χ1n) is 17.7. The summed E-state index contributed by atoms with van der Waals surface area (Å²) in [4.78, 5) is 13.2. The number of aromatic nitrogens is 4. The molecule has 0 radical (unpaired) electrons. The van der Waals surface area contributed by atoms with Crippen molar-refractivity contribution in [3.05, 3.63) is 11.6 Å². The summed E-state index contributed by atoms with van der Waals surface area (Å²) in [5.41, 5.74) is 0.808. The number of ether oxygens (including phenoxy) is 1. The van der Waals surface area contributed by atoms with Gasteiger partial charge in [0.05, 0.1) is 31.2 Å². The zero-order valence-electron chi connectivity index (χ0n) is 29.6. The van der Waals surface area contributed by atoms with Crippen LogP contribution in [0.25, 0.3) is 11.2 Å². The summed E-state index contributed by atoms with van der Waals surface area (Å²) < 4.78 is 52.0. The maximum Gasteiger partial charge on any atom is 0.340 e. The van der Waals surface area contributed by atoms with E-state index in [0.717, 1.165) is 12.8 Å². The normalized spacial score (nSPS) is 21.5. The van der Waals surface area contributed by atoms with Gasteiger partial charge in [0.1, 0.15) is 18.1 Å². The Morgan fingerprint density at radius 2 is 1.54 bits per heavy atom. The van der Waals surface area contributed by atoms with Crippen molar-refractivity contribution in [2.24, 2.45) is 0 Å². The van der Waals surface area contributed by atoms with E-state index in [4.69, 9.17) is 29.9 Å². The van der Waals surface area contributed by atoms with Gasteiger partial charge in [0, 0.05) is 12.7 Å². The lowest BCUT2D eigenvalue weighted by atomic mass is 10.1. The second-order valence-electron chi connectivity index (χ2n) is 13.1. The Morgan fingerprint density at radius 1 is 0.938 bits per heavy atom. The van der Waals surface area contributed by atoms with Crippen LogP contribution in [0.3, 0.4) is 0 Å². The van der Waals surface area contributed by atoms with Gasteiger partial charge in [-0.1, -0.05) is 64.7 Å². The van der Waals surface area contributed by atoms with Gasteiger partial charge in [-0.3, -0.25) is 13.7 Å². The predicted octanol–water partition coefficient (Wildman–Crippen LogP) is 8.14. The molecule has 1 saturated heterocycles. The number of hydrogen-bond donors (Lipinski definition) is 3. The molecule has 276 valence electrons. The molecular formula is C32H58ClN5O8P2. The first-order valence-corrected chi connectivity index (χ1v) is 21.8. The van der Waals surface area contributed by atoms with Crippen LogP contribution in [0.5, 0.6) is 0 Å². The smallest absolute Gasteiger partial charge is 0.340 e. The summed E-state index contributed by atoms with van der Waals surface area (Å²) >= 11 is 6.30. The molecule has 0 aromatic carbocycles. The van der Waals surface area contributed by atoms with Crippen LogP contribution in [0.1, 0.15) is 118 Å².